The molecule has 5 heteroatoms. The average Bonchev–Trinajstić information content (AvgIpc) is 2.69. The van der Waals surface area contributed by atoms with Gasteiger partial charge in [-0.3, -0.25) is 14.6 Å². The van der Waals surface area contributed by atoms with Crippen LogP contribution in [-0.2, 0) is 16.1 Å². The van der Waals surface area contributed by atoms with E-state index in [1.54, 1.807) is 18.0 Å². The number of carbonyl (C=O) groups excluding carboxylic acids is 2. The van der Waals surface area contributed by atoms with E-state index in [2.05, 4.69) is 10.3 Å². The van der Waals surface area contributed by atoms with Crippen molar-refractivity contribution in [2.75, 3.05) is 6.54 Å². The Hall–Kier alpha value is -1.91. The summed E-state index contributed by atoms with van der Waals surface area (Å²) in [5, 5.41) is 3.32. The third kappa shape index (κ3) is 5.79. The minimum atomic E-state index is -0.366. The first-order valence-electron chi connectivity index (χ1n) is 11.1. The Morgan fingerprint density at radius 2 is 1.61 bits per heavy atom. The van der Waals surface area contributed by atoms with Crippen LogP contribution in [0.2, 0.25) is 0 Å². The lowest BCUT2D eigenvalue weighted by atomic mass is 9.92. The molecule has 0 saturated heterocycles. The number of carbonyl (C=O) groups is 2. The van der Waals surface area contributed by atoms with E-state index in [1.807, 2.05) is 12.1 Å². The van der Waals surface area contributed by atoms with Crippen molar-refractivity contribution >= 4 is 11.8 Å². The van der Waals surface area contributed by atoms with Crippen molar-refractivity contribution in [1.29, 1.82) is 0 Å². The number of nitrogens with one attached hydrogen (secondary N) is 1. The third-order valence-electron chi connectivity index (χ3n) is 6.23. The zero-order valence-electron chi connectivity index (χ0n) is 17.3. The molecule has 2 heterocycles. The van der Waals surface area contributed by atoms with Crippen molar-refractivity contribution in [2.45, 2.75) is 96.1 Å². The van der Waals surface area contributed by atoms with Gasteiger partial charge < -0.3 is 10.2 Å². The molecule has 1 saturated carbocycles. The molecule has 1 unspecified atom stereocenters. The van der Waals surface area contributed by atoms with Gasteiger partial charge in [0.25, 0.3) is 0 Å². The highest BCUT2D eigenvalue weighted by atomic mass is 16.2. The normalized spacial score (nSPS) is 22.5. The van der Waals surface area contributed by atoms with Gasteiger partial charge in [-0.25, -0.2) is 0 Å². The third-order valence-corrected chi connectivity index (χ3v) is 6.23. The molecule has 0 spiro atoms. The summed E-state index contributed by atoms with van der Waals surface area (Å²) in [5.41, 5.74) is 1.83. The van der Waals surface area contributed by atoms with E-state index in [-0.39, 0.29) is 23.8 Å². The summed E-state index contributed by atoms with van der Waals surface area (Å²) in [7, 11) is 0. The minimum Gasteiger partial charge on any atom is -0.353 e. The maximum atomic E-state index is 13.2. The van der Waals surface area contributed by atoms with Crippen molar-refractivity contribution in [1.82, 2.24) is 15.2 Å². The number of rotatable bonds is 2. The summed E-state index contributed by atoms with van der Waals surface area (Å²) in [6.07, 6.45) is 15.5. The summed E-state index contributed by atoms with van der Waals surface area (Å²) < 4.78 is 0. The second-order valence-electron chi connectivity index (χ2n) is 8.46. The molecule has 1 aromatic rings. The zero-order valence-corrected chi connectivity index (χ0v) is 17.3. The van der Waals surface area contributed by atoms with E-state index >= 15 is 0 Å². The molecule has 0 radical (unpaired) electrons. The van der Waals surface area contributed by atoms with E-state index in [9.17, 15) is 9.59 Å². The molecular weight excluding hydrogens is 350 g/mol. The summed E-state index contributed by atoms with van der Waals surface area (Å²) in [4.78, 5) is 31.4. The second kappa shape index (κ2) is 10.6. The van der Waals surface area contributed by atoms with Crippen molar-refractivity contribution in [3.05, 3.63) is 29.6 Å². The Labute approximate surface area is 169 Å². The van der Waals surface area contributed by atoms with Crippen LogP contribution < -0.4 is 5.32 Å². The fourth-order valence-electron chi connectivity index (χ4n) is 4.53. The number of hydrogen-bond donors (Lipinski definition) is 1. The lowest BCUT2D eigenvalue weighted by molar-refractivity contribution is -0.131. The molecule has 1 N–H and O–H groups in total. The first-order chi connectivity index (χ1) is 13.6. The molecule has 1 aromatic heterocycles. The predicted molar refractivity (Wildman–Crippen MR) is 111 cm³/mol. The van der Waals surface area contributed by atoms with Crippen molar-refractivity contribution in [3.63, 3.8) is 0 Å². The zero-order chi connectivity index (χ0) is 19.8. The largest absolute Gasteiger partial charge is 0.353 e. The minimum absolute atomic E-state index is 0.0123. The van der Waals surface area contributed by atoms with Crippen LogP contribution in [0.15, 0.2) is 18.3 Å². The van der Waals surface area contributed by atoms with Gasteiger partial charge in [0.1, 0.15) is 0 Å². The van der Waals surface area contributed by atoms with Gasteiger partial charge >= 0.3 is 0 Å². The molecule has 154 valence electrons. The number of fused-ring (bicyclic) bond motifs is 1. The van der Waals surface area contributed by atoms with Gasteiger partial charge in [0, 0.05) is 32.3 Å². The molecular formula is C23H35N3O2. The van der Waals surface area contributed by atoms with E-state index in [4.69, 9.17) is 0 Å². The number of hydrogen-bond acceptors (Lipinski definition) is 3. The first-order valence-corrected chi connectivity index (χ1v) is 11.1. The Morgan fingerprint density at radius 1 is 1.00 bits per heavy atom. The molecule has 1 aliphatic heterocycles. The molecule has 1 atom stereocenters. The van der Waals surface area contributed by atoms with Gasteiger partial charge in [-0.2, -0.15) is 0 Å². The Bertz CT molecular complexity index is 649. The Kier molecular flexibility index (Phi) is 7.87. The molecule has 2 amide bonds. The van der Waals surface area contributed by atoms with Gasteiger partial charge in [-0.15, -0.1) is 0 Å². The lowest BCUT2D eigenvalue weighted by Crippen LogP contribution is -2.46. The van der Waals surface area contributed by atoms with Crippen LogP contribution in [0.1, 0.15) is 94.7 Å². The fraction of sp³-hybridized carbons (Fsp3) is 0.696. The van der Waals surface area contributed by atoms with E-state index < -0.39 is 0 Å². The number of nitrogens with zero attached hydrogens (tertiary/aromatic N) is 2. The monoisotopic (exact) mass is 385 g/mol. The van der Waals surface area contributed by atoms with Crippen molar-refractivity contribution in [3.8, 4) is 0 Å². The quantitative estimate of drug-likeness (QED) is 0.825. The maximum absolute atomic E-state index is 13.2. The first kappa shape index (κ1) is 20.8. The molecule has 0 bridgehead atoms. The van der Waals surface area contributed by atoms with Gasteiger partial charge in [-0.05, 0) is 24.5 Å². The van der Waals surface area contributed by atoms with E-state index in [0.29, 0.717) is 13.1 Å². The summed E-state index contributed by atoms with van der Waals surface area (Å²) in [6, 6.07) is 4.10. The highest BCUT2D eigenvalue weighted by Gasteiger charge is 2.33. The number of pyridine rings is 1. The molecule has 28 heavy (non-hydrogen) atoms. The van der Waals surface area contributed by atoms with Crippen molar-refractivity contribution < 1.29 is 9.59 Å². The fourth-order valence-corrected chi connectivity index (χ4v) is 4.53. The molecule has 1 aliphatic carbocycles. The maximum Gasteiger partial charge on any atom is 0.231 e. The highest BCUT2D eigenvalue weighted by molar-refractivity contribution is 5.85. The highest BCUT2D eigenvalue weighted by Crippen LogP contribution is 2.27. The standard InChI is InChI=1S/C23H35N3O2/c1-18(27)26-16-19-12-11-15-24-22(19)21(17-26)23(28)25-20-13-9-7-5-3-2-4-6-8-10-14-20/h11-12,15,20-21H,2-10,13-14,16-17H2,1H3,(H,25,28). The van der Waals surface area contributed by atoms with Gasteiger partial charge in [0.2, 0.25) is 11.8 Å². The van der Waals surface area contributed by atoms with Gasteiger partial charge in [0.05, 0.1) is 11.6 Å². The number of amides is 2. The molecule has 1 fully saturated rings. The number of aromatic nitrogens is 1. The topological polar surface area (TPSA) is 62.3 Å². The molecule has 3 rings (SSSR count). The molecule has 0 aromatic carbocycles. The summed E-state index contributed by atoms with van der Waals surface area (Å²) in [6.45, 7) is 2.55. The summed E-state index contributed by atoms with van der Waals surface area (Å²) >= 11 is 0. The molecule has 2 aliphatic rings. The Balaban J connectivity index is 1.66. The van der Waals surface area contributed by atoms with Crippen LogP contribution in [0.25, 0.3) is 0 Å². The average molecular weight is 386 g/mol. The Morgan fingerprint density at radius 3 is 2.21 bits per heavy atom. The van der Waals surface area contributed by atoms with Crippen LogP contribution >= 0.6 is 0 Å². The van der Waals surface area contributed by atoms with Crippen LogP contribution in [0.4, 0.5) is 0 Å². The lowest BCUT2D eigenvalue weighted by Gasteiger charge is -2.33. The second-order valence-corrected chi connectivity index (χ2v) is 8.46. The molecule has 5 nitrogen and oxygen atoms in total. The van der Waals surface area contributed by atoms with E-state index in [0.717, 1.165) is 24.1 Å². The summed E-state index contributed by atoms with van der Waals surface area (Å²) in [5.74, 6) is -0.323. The van der Waals surface area contributed by atoms with Crippen LogP contribution in [0.3, 0.4) is 0 Å². The van der Waals surface area contributed by atoms with Crippen LogP contribution in [-0.4, -0.2) is 34.3 Å². The van der Waals surface area contributed by atoms with Crippen molar-refractivity contribution in [2.24, 2.45) is 0 Å². The predicted octanol–water partition coefficient (Wildman–Crippen LogP) is 4.32. The SMILES string of the molecule is CC(=O)N1Cc2cccnc2C(C(=O)NC2CCCCCCCCCCC2)C1. The van der Waals surface area contributed by atoms with E-state index in [1.165, 1.54) is 57.8 Å². The smallest absolute Gasteiger partial charge is 0.231 e. The van der Waals surface area contributed by atoms with Crippen LogP contribution in [0.5, 0.6) is 0 Å². The van der Waals surface area contributed by atoms with Gasteiger partial charge in [0.15, 0.2) is 0 Å². The van der Waals surface area contributed by atoms with Crippen LogP contribution in [0, 0.1) is 0 Å². The van der Waals surface area contributed by atoms with Gasteiger partial charge in [-0.1, -0.05) is 63.9 Å².